The minimum atomic E-state index is -4.39. The molecule has 0 radical (unpaired) electrons. The van der Waals surface area contributed by atoms with Gasteiger partial charge in [0.25, 0.3) is 0 Å². The number of phosphoric acid groups is 1. The molecule has 2 unspecified atom stereocenters. The summed E-state index contributed by atoms with van der Waals surface area (Å²) in [6.07, 6.45) is 81.4. The SMILES string of the molecule is CC/C=C\C/C=C\C/C=C\C/C=C\C/C=C\C/C=C\CCCCCCCCCCCCCCC(=O)OC(COC(=O)CCCCCCCCCCCCCCCCCCCCCCCCCCC)COP(=O)(O)OCC[N+](C)(C)C. The van der Waals surface area contributed by atoms with Gasteiger partial charge in [-0.05, 0) is 64.2 Å². The van der Waals surface area contributed by atoms with E-state index in [0.717, 1.165) is 77.0 Å². The van der Waals surface area contributed by atoms with E-state index in [9.17, 15) is 19.0 Å². The average molecular weight is 1140 g/mol. The molecule has 0 heterocycles. The normalized spacial score (nSPS) is 13.6. The molecule has 0 aromatic heterocycles. The van der Waals surface area contributed by atoms with E-state index >= 15 is 0 Å². The molecule has 9 nitrogen and oxygen atoms in total. The Labute approximate surface area is 495 Å². The number of phosphoric ester groups is 1. The fourth-order valence-electron chi connectivity index (χ4n) is 9.61. The van der Waals surface area contributed by atoms with Gasteiger partial charge in [-0.15, -0.1) is 0 Å². The monoisotopic (exact) mass is 1140 g/mol. The number of rotatable bonds is 62. The number of esters is 2. The molecule has 2 atom stereocenters. The van der Waals surface area contributed by atoms with Gasteiger partial charge in [-0.1, -0.05) is 305 Å². The molecular weight excluding hydrogens is 1010 g/mol. The standard InChI is InChI=1S/C70H128NO8P/c1-6-8-10-12-14-16-18-20-22-24-26-28-30-32-33-34-35-36-37-39-41-43-45-47-49-51-53-55-57-59-61-63-70(73)79-68(67-78-80(74,75)77-65-64-71(3,4)5)66-76-69(72)62-60-58-56-54-52-50-48-46-44-42-40-38-31-29-27-25-23-21-19-17-15-13-11-9-7-2/h8,10,14,16,20,22,26,28,32-33,35-36,68H,6-7,9,11-13,15,17-19,21,23-25,27,29-31,34,37-67H2,1-5H3/p+1/b10-8-,16-14-,22-20-,28-26-,33-32-,36-35-. The van der Waals surface area contributed by atoms with Crippen LogP contribution in [0.5, 0.6) is 0 Å². The van der Waals surface area contributed by atoms with Gasteiger partial charge in [-0.25, -0.2) is 4.57 Å². The Kier molecular flexibility index (Phi) is 59.1. The summed E-state index contributed by atoms with van der Waals surface area (Å²) >= 11 is 0. The summed E-state index contributed by atoms with van der Waals surface area (Å²) in [7, 11) is 1.48. The third-order valence-corrected chi connectivity index (χ3v) is 15.7. The molecule has 0 aliphatic heterocycles. The van der Waals surface area contributed by atoms with Crippen LogP contribution in [0, 0.1) is 0 Å². The van der Waals surface area contributed by atoms with Gasteiger partial charge in [0, 0.05) is 12.8 Å². The number of carbonyl (C=O) groups excluding carboxylic acids is 2. The summed E-state index contributed by atoms with van der Waals surface area (Å²) in [4.78, 5) is 35.8. The smallest absolute Gasteiger partial charge is 0.462 e. The van der Waals surface area contributed by atoms with Gasteiger partial charge in [0.1, 0.15) is 19.8 Å². The molecule has 466 valence electrons. The van der Waals surface area contributed by atoms with Crippen LogP contribution in [0.4, 0.5) is 0 Å². The fraction of sp³-hybridized carbons (Fsp3) is 0.800. The summed E-state index contributed by atoms with van der Waals surface area (Å²) in [5, 5.41) is 0. The van der Waals surface area contributed by atoms with Crippen LogP contribution in [-0.2, 0) is 32.7 Å². The van der Waals surface area contributed by atoms with Crippen LogP contribution in [-0.4, -0.2) is 74.9 Å². The number of ether oxygens (including phenoxy) is 2. The molecule has 0 rings (SSSR count). The molecule has 10 heteroatoms. The molecule has 0 spiro atoms. The maximum absolute atomic E-state index is 12.9. The first-order valence-corrected chi connectivity index (χ1v) is 35.2. The first-order chi connectivity index (χ1) is 39.0. The van der Waals surface area contributed by atoms with Crippen LogP contribution < -0.4 is 0 Å². The highest BCUT2D eigenvalue weighted by Gasteiger charge is 2.27. The molecule has 0 aliphatic carbocycles. The van der Waals surface area contributed by atoms with Crippen LogP contribution in [0.25, 0.3) is 0 Å². The topological polar surface area (TPSA) is 108 Å². The van der Waals surface area contributed by atoms with Crippen molar-refractivity contribution in [3.8, 4) is 0 Å². The van der Waals surface area contributed by atoms with E-state index < -0.39 is 26.5 Å². The first-order valence-electron chi connectivity index (χ1n) is 33.7. The number of nitrogens with zero attached hydrogens (tertiary/aromatic N) is 1. The Balaban J connectivity index is 4.07. The number of quaternary nitrogens is 1. The number of likely N-dealkylation sites (N-methyl/N-ethyl adjacent to an activating group) is 1. The molecule has 0 aromatic rings. The molecule has 0 fully saturated rings. The highest BCUT2D eigenvalue weighted by atomic mass is 31.2. The zero-order valence-electron chi connectivity index (χ0n) is 53.1. The van der Waals surface area contributed by atoms with Crippen molar-refractivity contribution in [1.82, 2.24) is 0 Å². The van der Waals surface area contributed by atoms with Crippen molar-refractivity contribution < 1.29 is 42.1 Å². The fourth-order valence-corrected chi connectivity index (χ4v) is 10.4. The largest absolute Gasteiger partial charge is 0.472 e. The third kappa shape index (κ3) is 64.6. The lowest BCUT2D eigenvalue weighted by atomic mass is 10.0. The Morgan fingerprint density at radius 2 is 0.713 bits per heavy atom. The second-order valence-electron chi connectivity index (χ2n) is 23.8. The van der Waals surface area contributed by atoms with E-state index in [-0.39, 0.29) is 25.6 Å². The minimum Gasteiger partial charge on any atom is -0.462 e. The second-order valence-corrected chi connectivity index (χ2v) is 25.3. The summed E-state index contributed by atoms with van der Waals surface area (Å²) in [6, 6.07) is 0. The quantitative estimate of drug-likeness (QED) is 0.0211. The number of carbonyl (C=O) groups is 2. The van der Waals surface area contributed by atoms with Gasteiger partial charge in [0.15, 0.2) is 6.10 Å². The summed E-state index contributed by atoms with van der Waals surface area (Å²) in [6.45, 7) is 4.37. The Bertz CT molecular complexity index is 1580. The summed E-state index contributed by atoms with van der Waals surface area (Å²) in [5.41, 5.74) is 0. The van der Waals surface area contributed by atoms with Gasteiger partial charge in [-0.2, -0.15) is 0 Å². The van der Waals surface area contributed by atoms with Crippen LogP contribution in [0.2, 0.25) is 0 Å². The van der Waals surface area contributed by atoms with Gasteiger partial charge in [-0.3, -0.25) is 18.6 Å². The van der Waals surface area contributed by atoms with Gasteiger partial charge >= 0.3 is 19.8 Å². The second kappa shape index (κ2) is 61.0. The highest BCUT2D eigenvalue weighted by Crippen LogP contribution is 2.43. The Morgan fingerprint density at radius 1 is 0.400 bits per heavy atom. The van der Waals surface area contributed by atoms with Crippen LogP contribution in [0.15, 0.2) is 72.9 Å². The van der Waals surface area contributed by atoms with Crippen LogP contribution >= 0.6 is 7.82 Å². The maximum Gasteiger partial charge on any atom is 0.472 e. The molecule has 0 saturated carbocycles. The third-order valence-electron chi connectivity index (χ3n) is 14.8. The van der Waals surface area contributed by atoms with Gasteiger partial charge in [0.05, 0.1) is 27.7 Å². The van der Waals surface area contributed by atoms with Crippen molar-refractivity contribution >= 4 is 19.8 Å². The van der Waals surface area contributed by atoms with Crippen molar-refractivity contribution in [2.24, 2.45) is 0 Å². The van der Waals surface area contributed by atoms with Gasteiger partial charge < -0.3 is 18.9 Å². The summed E-state index contributed by atoms with van der Waals surface area (Å²) < 4.78 is 34.7. The van der Waals surface area contributed by atoms with Crippen molar-refractivity contribution in [1.29, 1.82) is 0 Å². The zero-order chi connectivity index (χ0) is 58.4. The van der Waals surface area contributed by atoms with Crippen LogP contribution in [0.3, 0.4) is 0 Å². The van der Waals surface area contributed by atoms with Crippen molar-refractivity contribution in [3.63, 3.8) is 0 Å². The maximum atomic E-state index is 12.9. The van der Waals surface area contributed by atoms with Crippen molar-refractivity contribution in [2.45, 2.75) is 315 Å². The number of allylic oxidation sites excluding steroid dienone is 12. The number of unbranched alkanes of at least 4 members (excludes halogenated alkanes) is 36. The Morgan fingerprint density at radius 3 is 1.06 bits per heavy atom. The lowest BCUT2D eigenvalue weighted by Crippen LogP contribution is -2.37. The lowest BCUT2D eigenvalue weighted by Gasteiger charge is -2.24. The minimum absolute atomic E-state index is 0.0309. The van der Waals surface area contributed by atoms with E-state index in [0.29, 0.717) is 23.9 Å². The predicted molar refractivity (Wildman–Crippen MR) is 344 cm³/mol. The number of hydrogen-bond donors (Lipinski definition) is 1. The molecule has 0 bridgehead atoms. The van der Waals surface area contributed by atoms with E-state index in [1.807, 2.05) is 21.1 Å². The van der Waals surface area contributed by atoms with Gasteiger partial charge in [0.2, 0.25) is 0 Å². The molecule has 0 amide bonds. The summed E-state index contributed by atoms with van der Waals surface area (Å²) in [5.74, 6) is -0.787. The highest BCUT2D eigenvalue weighted by molar-refractivity contribution is 7.47. The molecule has 1 N–H and O–H groups in total. The van der Waals surface area contributed by atoms with E-state index in [4.69, 9.17) is 18.5 Å². The molecule has 0 saturated heterocycles. The van der Waals surface area contributed by atoms with Crippen molar-refractivity contribution in [3.05, 3.63) is 72.9 Å². The predicted octanol–water partition coefficient (Wildman–Crippen LogP) is 21.6. The van der Waals surface area contributed by atoms with E-state index in [1.54, 1.807) is 0 Å². The molecular formula is C70H129NO8P+. The molecule has 80 heavy (non-hydrogen) atoms. The van der Waals surface area contributed by atoms with Crippen molar-refractivity contribution in [2.75, 3.05) is 47.5 Å². The van der Waals surface area contributed by atoms with E-state index in [2.05, 4.69) is 86.8 Å². The van der Waals surface area contributed by atoms with Crippen LogP contribution in [0.1, 0.15) is 309 Å². The zero-order valence-corrected chi connectivity index (χ0v) is 54.0. The Hall–Kier alpha value is -2.55. The molecule has 0 aromatic carbocycles. The first kappa shape index (κ1) is 77.5. The average Bonchev–Trinajstić information content (AvgIpc) is 3.42. The lowest BCUT2D eigenvalue weighted by molar-refractivity contribution is -0.870. The molecule has 0 aliphatic rings. The van der Waals surface area contributed by atoms with E-state index in [1.165, 1.54) is 199 Å². The number of hydrogen-bond acceptors (Lipinski definition) is 7.